The molecule has 320 valence electrons. The van der Waals surface area contributed by atoms with Gasteiger partial charge in [-0.25, -0.2) is 9.97 Å². The number of benzene rings is 2. The zero-order chi connectivity index (χ0) is 41.9. The number of pyridine rings is 2. The summed E-state index contributed by atoms with van der Waals surface area (Å²) in [4.78, 5) is 36.3. The van der Waals surface area contributed by atoms with Crippen LogP contribution in [0.2, 0.25) is 0 Å². The van der Waals surface area contributed by atoms with E-state index in [-0.39, 0.29) is 5.78 Å². The second kappa shape index (κ2) is 14.7. The van der Waals surface area contributed by atoms with E-state index < -0.39 is 23.3 Å². The number of aromatic amines is 2. The van der Waals surface area contributed by atoms with E-state index in [4.69, 9.17) is 9.97 Å². The van der Waals surface area contributed by atoms with Gasteiger partial charge in [0.1, 0.15) is 11.3 Å². The first-order chi connectivity index (χ1) is 30.1. The number of hydrogen-bond donors (Lipinski definition) is 6. The Hall–Kier alpha value is -4.75. The molecule has 12 rings (SSSR count). The molecule has 62 heavy (non-hydrogen) atoms. The van der Waals surface area contributed by atoms with Crippen LogP contribution in [0.3, 0.4) is 0 Å². The van der Waals surface area contributed by atoms with Gasteiger partial charge < -0.3 is 30.8 Å². The quantitative estimate of drug-likeness (QED) is 0.0859. The molecule has 6 aliphatic rings. The molecule has 2 saturated carbocycles. The summed E-state index contributed by atoms with van der Waals surface area (Å²) in [6, 6.07) is 13.1. The summed E-state index contributed by atoms with van der Waals surface area (Å²) in [5, 5.41) is 34.2. The second-order valence-corrected chi connectivity index (χ2v) is 19.7. The molecule has 0 spiro atoms. The Morgan fingerprint density at radius 2 is 1.11 bits per heavy atom. The number of H-pyrrole nitrogens is 2. The molecule has 2 unspecified atom stereocenters. The Morgan fingerprint density at radius 3 is 1.52 bits per heavy atom. The number of aryl methyl sites for hydroxylation is 2. The number of rotatable bonds is 10. The van der Waals surface area contributed by atoms with Crippen LogP contribution >= 0.6 is 0 Å². The number of nitrogens with one attached hydrogen (secondary N) is 4. The highest BCUT2D eigenvalue weighted by atomic mass is 16.3. The first-order valence-electron chi connectivity index (χ1n) is 23.3. The van der Waals surface area contributed by atoms with Gasteiger partial charge in [-0.15, -0.1) is 0 Å². The molecule has 0 radical (unpaired) electrons. The zero-order valence-corrected chi connectivity index (χ0v) is 36.0. The minimum Gasteiger partial charge on any atom is -0.388 e. The number of carbonyl (C=O) groups excluding carboxylic acids is 1. The van der Waals surface area contributed by atoms with Gasteiger partial charge in [0.2, 0.25) is 0 Å². The maximum Gasteiger partial charge on any atom is 0.172 e. The van der Waals surface area contributed by atoms with Gasteiger partial charge >= 0.3 is 0 Å². The molecule has 8 heterocycles. The van der Waals surface area contributed by atoms with Crippen LogP contribution in [0.1, 0.15) is 108 Å². The molecule has 0 bridgehead atoms. The molecule has 6 N–H and O–H groups in total. The summed E-state index contributed by atoms with van der Waals surface area (Å²) in [7, 11) is 0. The number of Topliss-reactive ketones (excluding diaryl/α,β-unsaturated/α-hetero) is 1. The molecule has 4 atom stereocenters. The van der Waals surface area contributed by atoms with E-state index in [9.17, 15) is 10.2 Å². The molecule has 4 aromatic heterocycles. The number of ketones is 1. The Kier molecular flexibility index (Phi) is 9.19. The monoisotopic (exact) mass is 830 g/mol. The van der Waals surface area contributed by atoms with Crippen molar-refractivity contribution < 1.29 is 15.0 Å². The summed E-state index contributed by atoms with van der Waals surface area (Å²) in [6.45, 7) is 8.79. The minimum atomic E-state index is -1.10. The second-order valence-electron chi connectivity index (χ2n) is 19.7. The fourth-order valence-electron chi connectivity index (χ4n) is 11.9. The van der Waals surface area contributed by atoms with Crippen molar-refractivity contribution in [2.24, 2.45) is 0 Å². The molecular weight excluding hydrogens is 773 g/mol. The fourth-order valence-corrected chi connectivity index (χ4v) is 11.9. The van der Waals surface area contributed by atoms with Crippen molar-refractivity contribution in [1.29, 1.82) is 0 Å². The highest BCUT2D eigenvalue weighted by Crippen LogP contribution is 2.49. The fraction of sp³-hybridized carbons (Fsp3) is 0.471. The van der Waals surface area contributed by atoms with E-state index in [1.807, 2.05) is 24.8 Å². The van der Waals surface area contributed by atoms with E-state index >= 15 is 4.79 Å². The molecule has 6 aromatic rings. The van der Waals surface area contributed by atoms with Gasteiger partial charge in [0.15, 0.2) is 5.78 Å². The predicted octanol–water partition coefficient (Wildman–Crippen LogP) is 7.01. The lowest BCUT2D eigenvalue weighted by Gasteiger charge is -2.44. The standard InChI is InChI=1S/C51H58N8O3/c1-29-23-54-48-39(29)21-33(25-56-48)31-17-35-27-58(15-7-37(35)41(19-31)43-5-3-13-52-43)46(50(61)9-10-50)45(60)47(51(62)11-12-51)59-16-8-38-36(28-59)18-32(20-42(38)44-6-4-14-53-44)34-22-40-30(2)24-55-49(40)57-26-34/h17-26,43-44,46-47,52-53,61-62H,3-16,27-28H2,1-2H3,(H,54,56)(H,55,57)/t43?,44?,46-,47-/m1/s1. The average molecular weight is 831 g/mol. The Bertz CT molecular complexity index is 2570. The van der Waals surface area contributed by atoms with E-state index in [2.05, 4.69) is 80.6 Å². The topological polar surface area (TPSA) is 145 Å². The Labute approximate surface area is 362 Å². The van der Waals surface area contributed by atoms with Crippen LogP contribution in [-0.4, -0.2) is 95.2 Å². The maximum atomic E-state index is 15.6. The molecule has 4 aliphatic heterocycles. The molecule has 0 amide bonds. The van der Waals surface area contributed by atoms with Gasteiger partial charge in [0, 0.05) is 84.9 Å². The summed E-state index contributed by atoms with van der Waals surface area (Å²) in [5.74, 6) is -0.0188. The molecule has 4 fully saturated rings. The Morgan fingerprint density at radius 1 is 0.661 bits per heavy atom. The molecule has 11 heteroatoms. The predicted molar refractivity (Wildman–Crippen MR) is 242 cm³/mol. The largest absolute Gasteiger partial charge is 0.388 e. The number of aromatic nitrogens is 4. The molecule has 11 nitrogen and oxygen atoms in total. The minimum absolute atomic E-state index is 0.0188. The van der Waals surface area contributed by atoms with Crippen molar-refractivity contribution >= 4 is 27.9 Å². The van der Waals surface area contributed by atoms with Crippen molar-refractivity contribution in [3.05, 3.63) is 106 Å². The number of fused-ring (bicyclic) bond motifs is 4. The number of nitrogens with zero attached hydrogens (tertiary/aromatic N) is 4. The van der Waals surface area contributed by atoms with Gasteiger partial charge in [-0.2, -0.15) is 0 Å². The van der Waals surface area contributed by atoms with Crippen LogP contribution in [0.15, 0.2) is 61.2 Å². The van der Waals surface area contributed by atoms with E-state index in [0.717, 1.165) is 95.9 Å². The third-order valence-electron chi connectivity index (χ3n) is 15.6. The van der Waals surface area contributed by atoms with Crippen LogP contribution in [0.25, 0.3) is 44.3 Å². The summed E-state index contributed by atoms with van der Waals surface area (Å²) < 4.78 is 0. The maximum absolute atomic E-state index is 15.6. The van der Waals surface area contributed by atoms with Gasteiger partial charge in [0.05, 0.1) is 23.3 Å². The average Bonchev–Trinajstić information content (AvgIpc) is 3.78. The first-order valence-corrected chi connectivity index (χ1v) is 23.3. The zero-order valence-electron chi connectivity index (χ0n) is 36.0. The van der Waals surface area contributed by atoms with E-state index in [1.54, 1.807) is 0 Å². The summed E-state index contributed by atoms with van der Waals surface area (Å²) in [5.41, 5.74) is 14.3. The third kappa shape index (κ3) is 6.58. The van der Waals surface area contributed by atoms with Crippen molar-refractivity contribution in [3.8, 4) is 22.3 Å². The summed E-state index contributed by atoms with van der Waals surface area (Å²) >= 11 is 0. The third-order valence-corrected chi connectivity index (χ3v) is 15.6. The number of carbonyl (C=O) groups is 1. The Balaban J connectivity index is 0.890. The van der Waals surface area contributed by atoms with Crippen molar-refractivity contribution in [2.75, 3.05) is 26.2 Å². The molecule has 2 aliphatic carbocycles. The van der Waals surface area contributed by atoms with E-state index in [1.165, 1.54) is 44.5 Å². The lowest BCUT2D eigenvalue weighted by molar-refractivity contribution is -0.142. The smallest absolute Gasteiger partial charge is 0.172 e. The lowest BCUT2D eigenvalue weighted by atomic mass is 9.83. The van der Waals surface area contributed by atoms with Crippen molar-refractivity contribution in [2.45, 2.75) is 127 Å². The van der Waals surface area contributed by atoms with Crippen LogP contribution in [0.4, 0.5) is 0 Å². The van der Waals surface area contributed by atoms with Crippen LogP contribution < -0.4 is 10.6 Å². The van der Waals surface area contributed by atoms with Gasteiger partial charge in [-0.3, -0.25) is 14.6 Å². The van der Waals surface area contributed by atoms with Crippen molar-refractivity contribution in [3.63, 3.8) is 0 Å². The molecule has 2 aromatic carbocycles. The molecule has 2 saturated heterocycles. The van der Waals surface area contributed by atoms with Crippen LogP contribution in [-0.2, 0) is 30.7 Å². The summed E-state index contributed by atoms with van der Waals surface area (Å²) in [6.07, 6.45) is 16.5. The highest BCUT2D eigenvalue weighted by Gasteiger charge is 2.61. The van der Waals surface area contributed by atoms with Gasteiger partial charge in [-0.05, 0) is 183 Å². The lowest BCUT2D eigenvalue weighted by Crippen LogP contribution is -2.62. The van der Waals surface area contributed by atoms with Crippen LogP contribution in [0, 0.1) is 13.8 Å². The van der Waals surface area contributed by atoms with Crippen LogP contribution in [0.5, 0.6) is 0 Å². The number of aliphatic hydroxyl groups is 2. The SMILES string of the molecule is Cc1c[nH]c2ncc(-c3cc4c(c(C5CCCN5)c3)CCN([C@H](C(=O)[C@@H](N3CCc5c(cc(-c6cnc7[nH]cc(C)c7c6)cc5C5CCCN5)C3)C3(O)CC3)C3(O)CC3)C4)cc12. The van der Waals surface area contributed by atoms with Gasteiger partial charge in [-0.1, -0.05) is 0 Å². The normalized spacial score (nSPS) is 24.0. The molecular formula is C51H58N8O3. The first kappa shape index (κ1) is 38.9. The van der Waals surface area contributed by atoms with Gasteiger partial charge in [0.25, 0.3) is 0 Å². The highest BCUT2D eigenvalue weighted by molar-refractivity contribution is 5.93. The van der Waals surface area contributed by atoms with E-state index in [0.29, 0.717) is 63.9 Å². The number of hydrogen-bond acceptors (Lipinski definition) is 9. The van der Waals surface area contributed by atoms with Crippen molar-refractivity contribution in [1.82, 2.24) is 40.4 Å².